The molecule has 0 saturated carbocycles. The molecule has 0 aliphatic carbocycles. The fourth-order valence-electron chi connectivity index (χ4n) is 2.97. The van der Waals surface area contributed by atoms with Gasteiger partial charge in [0.25, 0.3) is 0 Å². The highest BCUT2D eigenvalue weighted by atomic mass is 35.5. The van der Waals surface area contributed by atoms with E-state index in [2.05, 4.69) is 15.1 Å². The Morgan fingerprint density at radius 1 is 1.39 bits per heavy atom. The van der Waals surface area contributed by atoms with Crippen LogP contribution in [-0.2, 0) is 4.79 Å². The molecule has 0 radical (unpaired) electrons. The second-order valence-electron chi connectivity index (χ2n) is 4.95. The van der Waals surface area contributed by atoms with Crippen molar-refractivity contribution in [1.29, 1.82) is 0 Å². The zero-order valence-electron chi connectivity index (χ0n) is 10.2. The van der Waals surface area contributed by atoms with Crippen LogP contribution in [0.5, 0.6) is 0 Å². The first-order valence-corrected chi connectivity index (χ1v) is 6.54. The Kier molecular flexibility index (Phi) is 2.86. The third kappa shape index (κ3) is 1.92. The molecule has 0 spiro atoms. The maximum atomic E-state index is 11.4. The highest BCUT2D eigenvalue weighted by Gasteiger charge is 2.42. The first kappa shape index (κ1) is 11.7. The van der Waals surface area contributed by atoms with Gasteiger partial charge in [0.1, 0.15) is 0 Å². The molecule has 0 bridgehead atoms. The monoisotopic (exact) mass is 266 g/mol. The highest BCUT2D eigenvalue weighted by molar-refractivity contribution is 6.29. The van der Waals surface area contributed by atoms with Crippen LogP contribution in [0.3, 0.4) is 0 Å². The van der Waals surface area contributed by atoms with Crippen molar-refractivity contribution >= 4 is 23.3 Å². The topological polar surface area (TPSA) is 49.3 Å². The standard InChI is InChI=1S/C12H15ClN4O/c1-8(18)16-6-9-4-5-17(10(9)7-16)12-3-2-11(13)14-15-12/h2-3,9-10H,4-7H2,1H3/t9-,10+/m0/s1. The smallest absolute Gasteiger partial charge is 0.219 e. The van der Waals surface area contributed by atoms with E-state index in [0.29, 0.717) is 17.1 Å². The lowest BCUT2D eigenvalue weighted by Crippen LogP contribution is -2.37. The molecule has 0 unspecified atom stereocenters. The number of halogens is 1. The average molecular weight is 267 g/mol. The van der Waals surface area contributed by atoms with Crippen molar-refractivity contribution in [1.82, 2.24) is 15.1 Å². The number of likely N-dealkylation sites (tertiary alicyclic amines) is 1. The Morgan fingerprint density at radius 3 is 2.89 bits per heavy atom. The molecule has 1 amide bonds. The van der Waals surface area contributed by atoms with Gasteiger partial charge in [-0.2, -0.15) is 0 Å². The Labute approximate surface area is 111 Å². The van der Waals surface area contributed by atoms with Crippen molar-refractivity contribution in [3.05, 3.63) is 17.3 Å². The molecule has 2 atom stereocenters. The number of hydrogen-bond acceptors (Lipinski definition) is 4. The van der Waals surface area contributed by atoms with Gasteiger partial charge in [-0.1, -0.05) is 11.6 Å². The summed E-state index contributed by atoms with van der Waals surface area (Å²) < 4.78 is 0. The van der Waals surface area contributed by atoms with E-state index in [0.717, 1.165) is 31.9 Å². The Hall–Kier alpha value is -1.36. The van der Waals surface area contributed by atoms with Crippen LogP contribution in [0.25, 0.3) is 0 Å². The van der Waals surface area contributed by atoms with Crippen LogP contribution >= 0.6 is 11.6 Å². The number of nitrogens with zero attached hydrogens (tertiary/aromatic N) is 4. The zero-order valence-corrected chi connectivity index (χ0v) is 11.0. The van der Waals surface area contributed by atoms with Crippen molar-refractivity contribution in [3.63, 3.8) is 0 Å². The summed E-state index contributed by atoms with van der Waals surface area (Å²) in [5.74, 6) is 1.58. The summed E-state index contributed by atoms with van der Waals surface area (Å²) in [6, 6.07) is 4.03. The van der Waals surface area contributed by atoms with Crippen LogP contribution in [0, 0.1) is 5.92 Å². The van der Waals surface area contributed by atoms with E-state index in [-0.39, 0.29) is 5.91 Å². The van der Waals surface area contributed by atoms with Crippen molar-refractivity contribution in [2.75, 3.05) is 24.5 Å². The lowest BCUT2D eigenvalue weighted by atomic mass is 10.1. The second kappa shape index (κ2) is 4.39. The van der Waals surface area contributed by atoms with Crippen LogP contribution in [0.4, 0.5) is 5.82 Å². The van der Waals surface area contributed by atoms with E-state index in [9.17, 15) is 4.79 Å². The quantitative estimate of drug-likeness (QED) is 0.766. The SMILES string of the molecule is CC(=O)N1C[C@@H]2CCN(c3ccc(Cl)nn3)[C@@H]2C1. The normalized spacial score (nSPS) is 26.6. The maximum absolute atomic E-state index is 11.4. The first-order valence-electron chi connectivity index (χ1n) is 6.16. The molecule has 0 aromatic carbocycles. The predicted octanol–water partition coefficient (Wildman–Crippen LogP) is 1.19. The fraction of sp³-hybridized carbons (Fsp3) is 0.583. The van der Waals surface area contributed by atoms with Crippen molar-refractivity contribution in [2.24, 2.45) is 5.92 Å². The second-order valence-corrected chi connectivity index (χ2v) is 5.34. The minimum absolute atomic E-state index is 0.159. The van der Waals surface area contributed by atoms with E-state index >= 15 is 0 Å². The molecule has 0 N–H and O–H groups in total. The highest BCUT2D eigenvalue weighted by Crippen LogP contribution is 2.34. The molecule has 2 fully saturated rings. The van der Waals surface area contributed by atoms with Gasteiger partial charge in [0.2, 0.25) is 5.91 Å². The first-order chi connectivity index (χ1) is 8.65. The molecule has 2 aliphatic rings. The maximum Gasteiger partial charge on any atom is 0.219 e. The summed E-state index contributed by atoms with van der Waals surface area (Å²) in [6.45, 7) is 4.28. The van der Waals surface area contributed by atoms with Gasteiger partial charge in [0.05, 0.1) is 6.04 Å². The third-order valence-corrected chi connectivity index (χ3v) is 4.11. The molecule has 2 aliphatic heterocycles. The molecule has 3 rings (SSSR count). The molecule has 1 aromatic heterocycles. The minimum atomic E-state index is 0.159. The molecule has 3 heterocycles. The van der Waals surface area contributed by atoms with Gasteiger partial charge in [-0.3, -0.25) is 4.79 Å². The predicted molar refractivity (Wildman–Crippen MR) is 68.5 cm³/mol. The Bertz CT molecular complexity index is 464. The molecular formula is C12H15ClN4O. The molecule has 6 heteroatoms. The van der Waals surface area contributed by atoms with E-state index in [1.165, 1.54) is 0 Å². The van der Waals surface area contributed by atoms with Gasteiger partial charge in [0.15, 0.2) is 11.0 Å². The molecule has 5 nitrogen and oxygen atoms in total. The number of amides is 1. The largest absolute Gasteiger partial charge is 0.350 e. The van der Waals surface area contributed by atoms with E-state index < -0.39 is 0 Å². The minimum Gasteiger partial charge on any atom is -0.350 e. The lowest BCUT2D eigenvalue weighted by molar-refractivity contribution is -0.128. The number of aromatic nitrogens is 2. The number of fused-ring (bicyclic) bond motifs is 1. The van der Waals surface area contributed by atoms with Gasteiger partial charge in [0, 0.05) is 32.5 Å². The number of anilines is 1. The zero-order chi connectivity index (χ0) is 12.7. The number of carbonyl (C=O) groups is 1. The summed E-state index contributed by atoms with van der Waals surface area (Å²) in [4.78, 5) is 15.6. The average Bonchev–Trinajstić information content (AvgIpc) is 2.89. The molecule has 2 saturated heterocycles. The van der Waals surface area contributed by atoms with Crippen molar-refractivity contribution in [3.8, 4) is 0 Å². The van der Waals surface area contributed by atoms with Crippen LogP contribution in [-0.4, -0.2) is 46.7 Å². The van der Waals surface area contributed by atoms with Crippen LogP contribution in [0.2, 0.25) is 5.15 Å². The van der Waals surface area contributed by atoms with Gasteiger partial charge in [-0.25, -0.2) is 0 Å². The summed E-state index contributed by atoms with van der Waals surface area (Å²) >= 11 is 5.75. The van der Waals surface area contributed by atoms with Crippen LogP contribution in [0.15, 0.2) is 12.1 Å². The number of carbonyl (C=O) groups excluding carboxylic acids is 1. The summed E-state index contributed by atoms with van der Waals surface area (Å²) in [5, 5.41) is 8.42. The third-order valence-electron chi connectivity index (χ3n) is 3.91. The van der Waals surface area contributed by atoms with Gasteiger partial charge < -0.3 is 9.80 Å². The van der Waals surface area contributed by atoms with E-state index in [1.807, 2.05) is 11.0 Å². The van der Waals surface area contributed by atoms with Gasteiger partial charge >= 0.3 is 0 Å². The molecule has 1 aromatic rings. The van der Waals surface area contributed by atoms with Crippen LogP contribution in [0.1, 0.15) is 13.3 Å². The fourth-order valence-corrected chi connectivity index (χ4v) is 3.07. The lowest BCUT2D eigenvalue weighted by Gasteiger charge is -2.25. The number of hydrogen-bond donors (Lipinski definition) is 0. The van der Waals surface area contributed by atoms with Gasteiger partial charge in [-0.15, -0.1) is 10.2 Å². The molecule has 96 valence electrons. The Morgan fingerprint density at radius 2 is 2.22 bits per heavy atom. The summed E-state index contributed by atoms with van der Waals surface area (Å²) in [5.41, 5.74) is 0. The van der Waals surface area contributed by atoms with E-state index in [4.69, 9.17) is 11.6 Å². The van der Waals surface area contributed by atoms with Crippen LogP contribution < -0.4 is 4.90 Å². The Balaban J connectivity index is 1.79. The summed E-state index contributed by atoms with van der Waals surface area (Å²) in [7, 11) is 0. The molecule has 18 heavy (non-hydrogen) atoms. The van der Waals surface area contributed by atoms with E-state index in [1.54, 1.807) is 13.0 Å². The van der Waals surface area contributed by atoms with Gasteiger partial charge in [-0.05, 0) is 18.6 Å². The summed E-state index contributed by atoms with van der Waals surface area (Å²) in [6.07, 6.45) is 1.11. The number of rotatable bonds is 1. The van der Waals surface area contributed by atoms with Crippen molar-refractivity contribution < 1.29 is 4.79 Å². The molecular weight excluding hydrogens is 252 g/mol. The van der Waals surface area contributed by atoms with Crippen molar-refractivity contribution in [2.45, 2.75) is 19.4 Å².